The summed E-state index contributed by atoms with van der Waals surface area (Å²) >= 11 is 0. The number of methoxy groups -OCH3 is 6. The first-order chi connectivity index (χ1) is 19.9. The molecular weight excluding hydrogens is 623 g/mol. The lowest BCUT2D eigenvalue weighted by Crippen LogP contribution is -3.28. The van der Waals surface area contributed by atoms with Crippen LogP contribution in [0, 0.1) is 0 Å². The number of carbonyl (C=O) groups excluding carboxylic acids is 2. The van der Waals surface area contributed by atoms with E-state index in [2.05, 4.69) is 0 Å². The number of nitrogens with one attached hydrogen (secondary N) is 2. The van der Waals surface area contributed by atoms with Gasteiger partial charge in [-0.1, -0.05) is 0 Å². The Balaban J connectivity index is 0.00000616. The van der Waals surface area contributed by atoms with Gasteiger partial charge >= 0.3 is 11.9 Å². The number of quaternary nitrogens is 2. The molecule has 0 radical (unpaired) electrons. The van der Waals surface area contributed by atoms with Crippen molar-refractivity contribution in [3.63, 3.8) is 0 Å². The van der Waals surface area contributed by atoms with Crippen LogP contribution in [0.15, 0.2) is 24.3 Å². The van der Waals surface area contributed by atoms with E-state index in [1.807, 2.05) is 0 Å². The first-order valence-electron chi connectivity index (χ1n) is 13.5. The van der Waals surface area contributed by atoms with Gasteiger partial charge in [0.25, 0.3) is 0 Å². The molecule has 15 heteroatoms. The topological polar surface area (TPSA) is 148 Å². The summed E-state index contributed by atoms with van der Waals surface area (Å²) in [5, 5.41) is 0. The van der Waals surface area contributed by atoms with Crippen molar-refractivity contribution in [1.29, 1.82) is 0 Å². The molecule has 0 spiro atoms. The minimum atomic E-state index is -0.436. The van der Waals surface area contributed by atoms with E-state index in [1.165, 1.54) is 52.5 Å². The highest BCUT2D eigenvalue weighted by Gasteiger charge is 2.24. The lowest BCUT2D eigenvalue weighted by atomic mass is 10.2. The second-order valence-electron chi connectivity index (χ2n) is 9.45. The summed E-state index contributed by atoms with van der Waals surface area (Å²) in [5.74, 6) is 1.59. The molecule has 1 saturated heterocycles. The van der Waals surface area contributed by atoms with E-state index >= 15 is 0 Å². The zero-order valence-electron chi connectivity index (χ0n) is 26.0. The maximum atomic E-state index is 12.6. The monoisotopic (exact) mass is 666 g/mol. The molecule has 0 atom stereocenters. The number of halogens is 2. The first kappa shape index (κ1) is 40.6. The van der Waals surface area contributed by atoms with Gasteiger partial charge in [0.1, 0.15) is 39.3 Å². The molecule has 2 aromatic carbocycles. The molecule has 44 heavy (non-hydrogen) atoms. The molecule has 1 heterocycles. The van der Waals surface area contributed by atoms with Crippen molar-refractivity contribution in [1.82, 2.24) is 0 Å². The molecule has 0 aromatic heterocycles. The normalized spacial score (nSPS) is 15.2. The highest BCUT2D eigenvalue weighted by molar-refractivity contribution is 5.91. The van der Waals surface area contributed by atoms with Crippen molar-refractivity contribution in [3.8, 4) is 34.5 Å². The van der Waals surface area contributed by atoms with Crippen molar-refractivity contribution in [3.05, 3.63) is 35.4 Å². The van der Waals surface area contributed by atoms with E-state index in [-0.39, 0.29) is 30.3 Å². The molecule has 250 valence electrons. The highest BCUT2D eigenvalue weighted by atomic mass is 35.5. The van der Waals surface area contributed by atoms with Gasteiger partial charge in [0.2, 0.25) is 11.5 Å². The van der Waals surface area contributed by atoms with Crippen LogP contribution < -0.4 is 63.0 Å². The number of hydrogen-bond acceptors (Lipinski definition) is 10. The van der Waals surface area contributed by atoms with Crippen LogP contribution in [0.1, 0.15) is 27.1 Å². The lowest BCUT2D eigenvalue weighted by molar-refractivity contribution is -1.01. The maximum Gasteiger partial charge on any atom is 0.338 e. The maximum absolute atomic E-state index is 12.6. The van der Waals surface area contributed by atoms with Crippen LogP contribution in [0.5, 0.6) is 34.5 Å². The van der Waals surface area contributed by atoms with Gasteiger partial charge in [-0.05, 0) is 24.3 Å². The fraction of sp³-hybridized carbons (Fsp3) is 0.517. The van der Waals surface area contributed by atoms with Gasteiger partial charge in [-0.25, -0.2) is 9.59 Å². The van der Waals surface area contributed by atoms with Crippen molar-refractivity contribution in [2.75, 3.05) is 95.1 Å². The quantitative estimate of drug-likeness (QED) is 0.139. The van der Waals surface area contributed by atoms with E-state index in [0.717, 1.165) is 45.7 Å². The Morgan fingerprint density at radius 2 is 0.909 bits per heavy atom. The van der Waals surface area contributed by atoms with Crippen molar-refractivity contribution in [2.45, 2.75) is 6.42 Å². The number of piperazine rings is 1. The average Bonchev–Trinajstić information content (AvgIpc) is 3.01. The minimum absolute atomic E-state index is 0. The Morgan fingerprint density at radius 3 is 1.25 bits per heavy atom. The van der Waals surface area contributed by atoms with Gasteiger partial charge in [-0.3, -0.25) is 0 Å². The SMILES string of the molecule is COc1cc(C(=O)OCCC[NH+]2CC[NH+](CCOC(=O)c3cc(OC)c(OC)c(OC)c3)CC2)cc(OC)c1OC.O.[Cl-].[Cl-]. The first-order valence-corrected chi connectivity index (χ1v) is 13.5. The number of esters is 2. The third-order valence-electron chi connectivity index (χ3n) is 7.06. The Labute approximate surface area is 270 Å². The third kappa shape index (κ3) is 10.7. The zero-order valence-corrected chi connectivity index (χ0v) is 27.5. The molecule has 2 aromatic rings. The summed E-state index contributed by atoms with van der Waals surface area (Å²) in [6.07, 6.45) is 0.757. The number of hydrogen-bond donors (Lipinski definition) is 2. The largest absolute Gasteiger partial charge is 1.00 e. The highest BCUT2D eigenvalue weighted by Crippen LogP contribution is 2.39. The molecule has 0 saturated carbocycles. The van der Waals surface area contributed by atoms with Crippen LogP contribution in [0.4, 0.5) is 0 Å². The van der Waals surface area contributed by atoms with E-state index in [1.54, 1.807) is 24.3 Å². The number of ether oxygens (including phenoxy) is 8. The summed E-state index contributed by atoms with van der Waals surface area (Å²) < 4.78 is 42.9. The fourth-order valence-electron chi connectivity index (χ4n) is 4.80. The van der Waals surface area contributed by atoms with Crippen molar-refractivity contribution < 1.29 is 87.6 Å². The standard InChI is InChI=1S/C29H40N2O10.2ClH.H2O/c1-34-22-16-20(17-23(35-2)26(22)38-5)28(32)40-14-7-8-30-9-11-31(12-10-30)13-15-41-29(33)21-18-24(36-3)27(39-6)25(19-21)37-4;;;/h16-19H,7-15H2,1-6H3;2*1H;1H2. The van der Waals surface area contributed by atoms with E-state index in [0.29, 0.717) is 58.8 Å². The third-order valence-corrected chi connectivity index (χ3v) is 7.06. The Bertz CT molecular complexity index is 1130. The second kappa shape index (κ2) is 20.6. The Morgan fingerprint density at radius 1 is 0.568 bits per heavy atom. The molecule has 13 nitrogen and oxygen atoms in total. The molecule has 0 bridgehead atoms. The molecule has 0 unspecified atom stereocenters. The molecule has 1 aliphatic rings. The van der Waals surface area contributed by atoms with Gasteiger partial charge in [0.15, 0.2) is 23.0 Å². The summed E-state index contributed by atoms with van der Waals surface area (Å²) in [4.78, 5) is 28.0. The average molecular weight is 668 g/mol. The molecule has 4 N–H and O–H groups in total. The van der Waals surface area contributed by atoms with Crippen LogP contribution >= 0.6 is 0 Å². The van der Waals surface area contributed by atoms with Gasteiger partial charge in [-0.2, -0.15) is 0 Å². The van der Waals surface area contributed by atoms with E-state index in [4.69, 9.17) is 37.9 Å². The summed E-state index contributed by atoms with van der Waals surface area (Å²) in [6, 6.07) is 6.33. The van der Waals surface area contributed by atoms with Crippen molar-refractivity contribution in [2.24, 2.45) is 0 Å². The van der Waals surface area contributed by atoms with Crippen molar-refractivity contribution >= 4 is 11.9 Å². The van der Waals surface area contributed by atoms with Gasteiger partial charge in [0.05, 0.1) is 66.9 Å². The Kier molecular flexibility index (Phi) is 19.0. The number of rotatable bonds is 15. The summed E-state index contributed by atoms with van der Waals surface area (Å²) in [5.41, 5.74) is 0.685. The minimum Gasteiger partial charge on any atom is -1.00 e. The zero-order chi connectivity index (χ0) is 29.8. The van der Waals surface area contributed by atoms with Crippen LogP contribution in [0.2, 0.25) is 0 Å². The second-order valence-corrected chi connectivity index (χ2v) is 9.45. The number of benzene rings is 2. The van der Waals surface area contributed by atoms with E-state index < -0.39 is 11.9 Å². The van der Waals surface area contributed by atoms with Crippen LogP contribution in [-0.4, -0.2) is 113 Å². The van der Waals surface area contributed by atoms with Crippen LogP contribution in [0.3, 0.4) is 0 Å². The van der Waals surface area contributed by atoms with E-state index in [9.17, 15) is 9.59 Å². The molecular formula is C29H44Cl2N2O11. The van der Waals surface area contributed by atoms with Crippen LogP contribution in [-0.2, 0) is 9.47 Å². The summed E-state index contributed by atoms with van der Waals surface area (Å²) in [6.45, 7) is 6.23. The smallest absolute Gasteiger partial charge is 0.338 e. The lowest BCUT2D eigenvalue weighted by Gasteiger charge is -2.29. The molecule has 1 aliphatic heterocycles. The number of carbonyl (C=O) groups is 2. The predicted molar refractivity (Wildman–Crippen MR) is 152 cm³/mol. The van der Waals surface area contributed by atoms with Gasteiger partial charge in [0, 0.05) is 6.42 Å². The molecule has 0 amide bonds. The van der Waals surface area contributed by atoms with Crippen LogP contribution in [0.25, 0.3) is 0 Å². The fourth-order valence-corrected chi connectivity index (χ4v) is 4.80. The molecule has 3 rings (SSSR count). The summed E-state index contributed by atoms with van der Waals surface area (Å²) in [7, 11) is 9.03. The Hall–Kier alpha value is -3.36. The van der Waals surface area contributed by atoms with Gasteiger partial charge < -0.3 is 78.0 Å². The molecule has 0 aliphatic carbocycles. The van der Waals surface area contributed by atoms with Gasteiger partial charge in [-0.15, -0.1) is 0 Å². The predicted octanol–water partition coefficient (Wildman–Crippen LogP) is -6.89. The molecule has 1 fully saturated rings.